The molecule has 1 heterocycles. The second-order valence-corrected chi connectivity index (χ2v) is 5.22. The van der Waals surface area contributed by atoms with Gasteiger partial charge in [0, 0.05) is 19.3 Å². The lowest BCUT2D eigenvalue weighted by atomic mass is 10.1. The third-order valence-electron chi connectivity index (χ3n) is 3.39. The smallest absolute Gasteiger partial charge is 0.0949 e. The first-order valence-electron chi connectivity index (χ1n) is 7.64. The van der Waals surface area contributed by atoms with Crippen molar-refractivity contribution in [3.63, 3.8) is 0 Å². The highest BCUT2D eigenvalue weighted by molar-refractivity contribution is 5.14. The van der Waals surface area contributed by atoms with Crippen LogP contribution in [0.2, 0.25) is 0 Å². The van der Waals surface area contributed by atoms with Crippen LogP contribution in [0, 0.1) is 0 Å². The van der Waals surface area contributed by atoms with Crippen LogP contribution in [-0.4, -0.2) is 16.1 Å². The Bertz CT molecular complexity index is 476. The average molecular weight is 271 g/mol. The van der Waals surface area contributed by atoms with Gasteiger partial charge in [-0.3, -0.25) is 0 Å². The summed E-state index contributed by atoms with van der Waals surface area (Å²) in [5.74, 6) is 0. The lowest BCUT2D eigenvalue weighted by Gasteiger charge is -2.03. The molecule has 0 aliphatic rings. The summed E-state index contributed by atoms with van der Waals surface area (Å²) in [4.78, 5) is 4.43. The lowest BCUT2D eigenvalue weighted by molar-refractivity contribution is 0.607. The lowest BCUT2D eigenvalue weighted by Crippen LogP contribution is -2.13. The SMILES string of the molecule is CCCNCc1cn(CCCCc2ccccc2)cn1. The van der Waals surface area contributed by atoms with Crippen molar-refractivity contribution < 1.29 is 0 Å². The van der Waals surface area contributed by atoms with Crippen molar-refractivity contribution in [1.29, 1.82) is 0 Å². The van der Waals surface area contributed by atoms with Gasteiger partial charge in [0.1, 0.15) is 0 Å². The molecule has 1 N–H and O–H groups in total. The van der Waals surface area contributed by atoms with Crippen LogP contribution >= 0.6 is 0 Å². The summed E-state index contributed by atoms with van der Waals surface area (Å²) in [5, 5.41) is 3.38. The highest BCUT2D eigenvalue weighted by atomic mass is 15.0. The van der Waals surface area contributed by atoms with Gasteiger partial charge in [-0.15, -0.1) is 0 Å². The van der Waals surface area contributed by atoms with Gasteiger partial charge in [0.15, 0.2) is 0 Å². The summed E-state index contributed by atoms with van der Waals surface area (Å²) in [6, 6.07) is 10.7. The Balaban J connectivity index is 1.64. The molecule has 0 saturated heterocycles. The van der Waals surface area contributed by atoms with Gasteiger partial charge in [-0.25, -0.2) is 4.98 Å². The van der Waals surface area contributed by atoms with Crippen LogP contribution in [0.15, 0.2) is 42.9 Å². The molecule has 0 unspecified atom stereocenters. The van der Waals surface area contributed by atoms with Crippen LogP contribution in [0.5, 0.6) is 0 Å². The molecular weight excluding hydrogens is 246 g/mol. The molecule has 0 amide bonds. The normalized spacial score (nSPS) is 10.8. The highest BCUT2D eigenvalue weighted by Gasteiger charge is 1.98. The Morgan fingerprint density at radius 3 is 2.80 bits per heavy atom. The third kappa shape index (κ3) is 5.17. The van der Waals surface area contributed by atoms with Gasteiger partial charge in [-0.1, -0.05) is 37.3 Å². The Hall–Kier alpha value is -1.61. The molecule has 0 saturated carbocycles. The highest BCUT2D eigenvalue weighted by Crippen LogP contribution is 2.06. The van der Waals surface area contributed by atoms with Gasteiger partial charge in [0.2, 0.25) is 0 Å². The van der Waals surface area contributed by atoms with Crippen molar-refractivity contribution in [2.24, 2.45) is 0 Å². The van der Waals surface area contributed by atoms with E-state index >= 15 is 0 Å². The topological polar surface area (TPSA) is 29.9 Å². The van der Waals surface area contributed by atoms with Gasteiger partial charge in [0.25, 0.3) is 0 Å². The predicted octanol–water partition coefficient (Wildman–Crippen LogP) is 3.41. The summed E-state index contributed by atoms with van der Waals surface area (Å²) in [6.45, 7) is 5.18. The molecule has 0 fully saturated rings. The van der Waals surface area contributed by atoms with Gasteiger partial charge >= 0.3 is 0 Å². The summed E-state index contributed by atoms with van der Waals surface area (Å²) < 4.78 is 2.20. The molecule has 0 atom stereocenters. The first kappa shape index (κ1) is 14.8. The van der Waals surface area contributed by atoms with Crippen molar-refractivity contribution in [1.82, 2.24) is 14.9 Å². The van der Waals surface area contributed by atoms with Crippen LogP contribution in [0.1, 0.15) is 37.4 Å². The molecule has 2 rings (SSSR count). The number of rotatable bonds is 9. The average Bonchev–Trinajstić information content (AvgIpc) is 2.93. The van der Waals surface area contributed by atoms with Crippen LogP contribution in [0.4, 0.5) is 0 Å². The number of benzene rings is 1. The van der Waals surface area contributed by atoms with Crippen LogP contribution < -0.4 is 5.32 Å². The fourth-order valence-corrected chi connectivity index (χ4v) is 2.28. The number of hydrogen-bond acceptors (Lipinski definition) is 2. The minimum atomic E-state index is 0.880. The fourth-order valence-electron chi connectivity index (χ4n) is 2.28. The van der Waals surface area contributed by atoms with Crippen LogP contribution in [0.3, 0.4) is 0 Å². The first-order chi connectivity index (χ1) is 9.88. The maximum atomic E-state index is 4.43. The monoisotopic (exact) mass is 271 g/mol. The van der Waals surface area contributed by atoms with Gasteiger partial charge in [-0.05, 0) is 37.8 Å². The van der Waals surface area contributed by atoms with E-state index in [1.807, 2.05) is 6.33 Å². The molecule has 0 aliphatic heterocycles. The van der Waals surface area contributed by atoms with Crippen LogP contribution in [0.25, 0.3) is 0 Å². The van der Waals surface area contributed by atoms with Gasteiger partial charge in [-0.2, -0.15) is 0 Å². The van der Waals surface area contributed by atoms with E-state index < -0.39 is 0 Å². The Morgan fingerprint density at radius 2 is 2.00 bits per heavy atom. The van der Waals surface area contributed by atoms with Crippen molar-refractivity contribution in [3.8, 4) is 0 Å². The minimum absolute atomic E-state index is 0.880. The maximum Gasteiger partial charge on any atom is 0.0949 e. The number of imidazole rings is 1. The van der Waals surface area contributed by atoms with E-state index in [4.69, 9.17) is 0 Å². The van der Waals surface area contributed by atoms with E-state index in [0.717, 1.165) is 25.3 Å². The van der Waals surface area contributed by atoms with Crippen molar-refractivity contribution >= 4 is 0 Å². The molecule has 0 radical (unpaired) electrons. The number of hydrogen-bond donors (Lipinski definition) is 1. The fraction of sp³-hybridized carbons (Fsp3) is 0.471. The zero-order valence-corrected chi connectivity index (χ0v) is 12.4. The zero-order chi connectivity index (χ0) is 14.0. The van der Waals surface area contributed by atoms with Gasteiger partial charge in [0.05, 0.1) is 12.0 Å². The Morgan fingerprint density at radius 1 is 1.15 bits per heavy atom. The van der Waals surface area contributed by atoms with E-state index in [9.17, 15) is 0 Å². The quantitative estimate of drug-likeness (QED) is 0.708. The Kier molecular flexibility index (Phi) is 6.32. The maximum absolute atomic E-state index is 4.43. The molecular formula is C17H25N3. The second kappa shape index (κ2) is 8.54. The number of aromatic nitrogens is 2. The molecule has 0 aliphatic carbocycles. The molecule has 1 aromatic carbocycles. The molecule has 108 valence electrons. The third-order valence-corrected chi connectivity index (χ3v) is 3.39. The summed E-state index contributed by atoms with van der Waals surface area (Å²) in [6.07, 6.45) is 8.87. The zero-order valence-electron chi connectivity index (χ0n) is 12.4. The van der Waals surface area contributed by atoms with Crippen molar-refractivity contribution in [3.05, 3.63) is 54.1 Å². The number of unbranched alkanes of at least 4 members (excludes halogenated alkanes) is 1. The number of nitrogens with one attached hydrogen (secondary N) is 1. The Labute approximate surface area is 122 Å². The van der Waals surface area contributed by atoms with Crippen molar-refractivity contribution in [2.75, 3.05) is 6.54 Å². The van der Waals surface area contributed by atoms with Gasteiger partial charge < -0.3 is 9.88 Å². The van der Waals surface area contributed by atoms with Crippen LogP contribution in [-0.2, 0) is 19.5 Å². The standard InChI is InChI=1S/C17H25N3/c1-2-11-18-13-17-14-20(15-19-17)12-7-6-10-16-8-4-3-5-9-16/h3-5,8-9,14-15,18H,2,6-7,10-13H2,1H3. The second-order valence-electron chi connectivity index (χ2n) is 5.22. The van der Waals surface area contributed by atoms with E-state index in [1.54, 1.807) is 0 Å². The van der Waals surface area contributed by atoms with E-state index in [1.165, 1.54) is 31.2 Å². The summed E-state index contributed by atoms with van der Waals surface area (Å²) >= 11 is 0. The molecule has 3 nitrogen and oxygen atoms in total. The predicted molar refractivity (Wildman–Crippen MR) is 83.6 cm³/mol. The molecule has 0 bridgehead atoms. The molecule has 1 aromatic heterocycles. The molecule has 3 heteroatoms. The molecule has 2 aromatic rings. The molecule has 20 heavy (non-hydrogen) atoms. The van der Waals surface area contributed by atoms with Crippen molar-refractivity contribution in [2.45, 2.75) is 45.7 Å². The summed E-state index contributed by atoms with van der Waals surface area (Å²) in [7, 11) is 0. The minimum Gasteiger partial charge on any atom is -0.337 e. The largest absolute Gasteiger partial charge is 0.337 e. The first-order valence-corrected chi connectivity index (χ1v) is 7.64. The summed E-state index contributed by atoms with van der Waals surface area (Å²) in [5.41, 5.74) is 2.57. The number of nitrogens with zero attached hydrogens (tertiary/aromatic N) is 2. The van der Waals surface area contributed by atoms with E-state index in [0.29, 0.717) is 0 Å². The molecule has 0 spiro atoms. The van der Waals surface area contributed by atoms with E-state index in [-0.39, 0.29) is 0 Å². The number of aryl methyl sites for hydroxylation is 2. The van der Waals surface area contributed by atoms with E-state index in [2.05, 4.69) is 58.3 Å².